The number of rotatable bonds is 4. The van der Waals surface area contributed by atoms with Gasteiger partial charge in [-0.25, -0.2) is 4.98 Å². The first-order chi connectivity index (χ1) is 21.2. The summed E-state index contributed by atoms with van der Waals surface area (Å²) in [5.74, 6) is 7.15. The molecule has 0 aliphatic carbocycles. The second-order valence-corrected chi connectivity index (χ2v) is 22.9. The molecule has 45 heavy (non-hydrogen) atoms. The Morgan fingerprint density at radius 2 is 1.47 bits per heavy atom. The van der Waals surface area contributed by atoms with Gasteiger partial charge in [-0.05, 0) is 37.2 Å². The van der Waals surface area contributed by atoms with Crippen LogP contribution in [0.1, 0.15) is 16.8 Å². The van der Waals surface area contributed by atoms with Crippen LogP contribution in [0.4, 0.5) is 0 Å². The van der Waals surface area contributed by atoms with E-state index in [2.05, 4.69) is 95.7 Å². The van der Waals surface area contributed by atoms with Crippen molar-refractivity contribution in [1.82, 2.24) is 15.0 Å². The minimum Gasteiger partial charge on any atom is -0.486 e. The zero-order chi connectivity index (χ0) is 30.8. The predicted octanol–water partition coefficient (Wildman–Crippen LogP) is 9.53. The first-order valence-corrected chi connectivity index (χ1v) is 22.2. The molecule has 0 spiro atoms. The van der Waals surface area contributed by atoms with Gasteiger partial charge in [-0.1, -0.05) is 52.9 Å². The van der Waals surface area contributed by atoms with Gasteiger partial charge in [0.1, 0.15) is 0 Å². The summed E-state index contributed by atoms with van der Waals surface area (Å²) < 4.78 is 7.61. The van der Waals surface area contributed by atoms with E-state index in [1.165, 1.54) is 9.96 Å². The summed E-state index contributed by atoms with van der Waals surface area (Å²) in [6.45, 7) is 6.17. The van der Waals surface area contributed by atoms with Gasteiger partial charge in [0.05, 0.1) is 5.58 Å². The van der Waals surface area contributed by atoms with E-state index in [0.717, 1.165) is 61.3 Å². The van der Waals surface area contributed by atoms with Crippen molar-refractivity contribution < 1.29 is 24.5 Å². The third kappa shape index (κ3) is 7.17. The number of pyridine rings is 3. The summed E-state index contributed by atoms with van der Waals surface area (Å²) in [4.78, 5) is 13.8. The summed E-state index contributed by atoms with van der Waals surface area (Å²) in [6, 6.07) is 37.5. The number of aromatic nitrogens is 3. The maximum Gasteiger partial charge on any atom is 0.216 e. The maximum absolute atomic E-state index is 6.17. The summed E-state index contributed by atoms with van der Waals surface area (Å²) in [6.07, 6.45) is 3.86. The zero-order valence-electron chi connectivity index (χ0n) is 26.4. The van der Waals surface area contributed by atoms with Gasteiger partial charge < -0.3 is 9.40 Å². The normalized spacial score (nSPS) is 11.2. The Morgan fingerprint density at radius 3 is 2.16 bits per heavy atom. The fourth-order valence-corrected chi connectivity index (χ4v) is 7.42. The van der Waals surface area contributed by atoms with E-state index in [9.17, 15) is 0 Å². The molecule has 4 aromatic heterocycles. The van der Waals surface area contributed by atoms with Gasteiger partial charge in [0, 0.05) is 42.9 Å². The molecule has 0 aliphatic rings. The Labute approximate surface area is 281 Å². The maximum atomic E-state index is 6.17. The number of hydrogen-bond donors (Lipinski definition) is 0. The number of nitrogens with zero attached hydrogens (tertiary/aromatic N) is 3. The molecule has 7 rings (SSSR count). The molecule has 4 nitrogen and oxygen atoms in total. The predicted molar refractivity (Wildman–Crippen MR) is 185 cm³/mol. The minimum absolute atomic E-state index is 0. The van der Waals surface area contributed by atoms with Crippen molar-refractivity contribution in [2.75, 3.05) is 0 Å². The SMILES string of the molecule is Cc1cc[c-]c(-c2cc[c]([Ge]([CH3])([CH3])[CH3])cn2)c1.Cc1ccnc(-c2[c-]ccc3c2oc2nc(C)c(-c4ccccc4)cc23)c1.[Ir]. The molecule has 6 heteroatoms. The Morgan fingerprint density at radius 1 is 0.711 bits per heavy atom. The molecule has 0 amide bonds. The van der Waals surface area contributed by atoms with Crippen LogP contribution in [0.2, 0.25) is 17.3 Å². The molecule has 3 aromatic carbocycles. The number of fused-ring (bicyclic) bond motifs is 3. The molecule has 1 radical (unpaired) electrons. The van der Waals surface area contributed by atoms with Gasteiger partial charge in [-0.3, -0.25) is 0 Å². The Hall–Kier alpha value is -3.90. The third-order valence-electron chi connectivity index (χ3n) is 7.74. The van der Waals surface area contributed by atoms with Crippen LogP contribution in [-0.2, 0) is 20.1 Å². The van der Waals surface area contributed by atoms with Crippen molar-refractivity contribution in [3.63, 3.8) is 0 Å². The quantitative estimate of drug-likeness (QED) is 0.131. The number of aryl methyl sites for hydroxylation is 3. The van der Waals surface area contributed by atoms with Crippen molar-refractivity contribution in [2.45, 2.75) is 38.0 Å². The fourth-order valence-electron chi connectivity index (χ4n) is 5.25. The van der Waals surface area contributed by atoms with Crippen molar-refractivity contribution >= 4 is 39.7 Å². The average molecular weight is 827 g/mol. The Kier molecular flexibility index (Phi) is 9.83. The first-order valence-electron chi connectivity index (χ1n) is 14.9. The standard InChI is InChI=1S/C24H17N2O.C15H18GeN.Ir/c1-15-11-12-25-22(13-15)19-10-6-9-18-21-14-20(17-7-4-3-5-8-17)16(2)26-24(21)27-23(18)19;1-12-6-5-7-13(10-12)15-9-8-14(11-17-15)16(2,3)4;/h3-9,11-14H,1-2H3;5-6,8-11H,1-4H3;/q2*-1;. The minimum atomic E-state index is -1.73. The van der Waals surface area contributed by atoms with Gasteiger partial charge in [0.25, 0.3) is 0 Å². The van der Waals surface area contributed by atoms with E-state index in [-0.39, 0.29) is 20.1 Å². The molecule has 0 N–H and O–H groups in total. The summed E-state index contributed by atoms with van der Waals surface area (Å²) >= 11 is -1.73. The van der Waals surface area contributed by atoms with Crippen LogP contribution in [-0.4, -0.2) is 28.2 Å². The number of benzene rings is 3. The van der Waals surface area contributed by atoms with E-state index in [0.29, 0.717) is 5.71 Å². The van der Waals surface area contributed by atoms with E-state index >= 15 is 0 Å². The zero-order valence-corrected chi connectivity index (χ0v) is 30.9. The molecular weight excluding hydrogens is 791 g/mol. The molecule has 0 unspecified atom stereocenters. The molecule has 0 fully saturated rings. The van der Waals surface area contributed by atoms with Crippen molar-refractivity contribution in [2.24, 2.45) is 0 Å². The molecule has 0 atom stereocenters. The largest absolute Gasteiger partial charge is 0.486 e. The molecule has 0 bridgehead atoms. The van der Waals surface area contributed by atoms with E-state index in [1.807, 2.05) is 67.8 Å². The molecule has 227 valence electrons. The third-order valence-corrected chi connectivity index (χ3v) is 12.0. The van der Waals surface area contributed by atoms with Gasteiger partial charge in [0.15, 0.2) is 0 Å². The van der Waals surface area contributed by atoms with E-state index < -0.39 is 13.3 Å². The first kappa shape index (κ1) is 32.5. The van der Waals surface area contributed by atoms with Crippen LogP contribution in [0.5, 0.6) is 0 Å². The Balaban J connectivity index is 0.000000193. The van der Waals surface area contributed by atoms with Crippen LogP contribution in [0.3, 0.4) is 0 Å². The summed E-state index contributed by atoms with van der Waals surface area (Å²) in [5.41, 5.74) is 10.9. The molecular formula is C39H35GeIrN3O-2. The van der Waals surface area contributed by atoms with E-state index in [4.69, 9.17) is 9.40 Å². The van der Waals surface area contributed by atoms with Crippen LogP contribution in [0, 0.1) is 32.9 Å². The summed E-state index contributed by atoms with van der Waals surface area (Å²) in [7, 11) is 0. The summed E-state index contributed by atoms with van der Waals surface area (Å²) in [5, 5.41) is 2.05. The fraction of sp³-hybridized carbons (Fsp3) is 0.154. The topological polar surface area (TPSA) is 51.8 Å². The van der Waals surface area contributed by atoms with Gasteiger partial charge >= 0.3 is 106 Å². The van der Waals surface area contributed by atoms with Gasteiger partial charge in [-0.15, -0.1) is 18.2 Å². The molecule has 0 aliphatic heterocycles. The van der Waals surface area contributed by atoms with Gasteiger partial charge in [0.2, 0.25) is 5.71 Å². The van der Waals surface area contributed by atoms with Crippen molar-refractivity contribution in [3.05, 3.63) is 132 Å². The van der Waals surface area contributed by atoms with Crippen LogP contribution in [0.25, 0.3) is 55.7 Å². The van der Waals surface area contributed by atoms with Crippen LogP contribution < -0.4 is 4.40 Å². The average Bonchev–Trinajstić information content (AvgIpc) is 3.38. The van der Waals surface area contributed by atoms with Crippen molar-refractivity contribution in [3.8, 4) is 33.6 Å². The monoisotopic (exact) mass is 828 g/mol. The van der Waals surface area contributed by atoms with Crippen LogP contribution in [0.15, 0.2) is 108 Å². The van der Waals surface area contributed by atoms with Crippen molar-refractivity contribution in [1.29, 1.82) is 0 Å². The van der Waals surface area contributed by atoms with Crippen LogP contribution >= 0.6 is 0 Å². The Bertz CT molecular complexity index is 2080. The molecule has 0 saturated heterocycles. The second-order valence-electron chi connectivity index (χ2n) is 12.2. The molecule has 0 saturated carbocycles. The number of furan rings is 1. The molecule has 4 heterocycles. The second kappa shape index (κ2) is 13.6. The number of hydrogen-bond acceptors (Lipinski definition) is 4. The smallest absolute Gasteiger partial charge is 0.216 e. The van der Waals surface area contributed by atoms with Gasteiger partial charge in [-0.2, -0.15) is 0 Å². The van der Waals surface area contributed by atoms with E-state index in [1.54, 1.807) is 0 Å². The molecule has 7 aromatic rings.